The Hall–Kier alpha value is -1.91. The van der Waals surface area contributed by atoms with Crippen molar-refractivity contribution in [2.24, 2.45) is 27.6 Å². The van der Waals surface area contributed by atoms with Crippen LogP contribution in [0.25, 0.3) is 0 Å². The molecular weight excluding hydrogens is 288 g/mol. The molecule has 5 nitrogen and oxygen atoms in total. The molecule has 2 N–H and O–H groups in total. The van der Waals surface area contributed by atoms with Crippen molar-refractivity contribution in [1.82, 2.24) is 9.99 Å². The lowest BCUT2D eigenvalue weighted by molar-refractivity contribution is -0.135. The molecule has 1 aliphatic heterocycles. The predicted octanol–water partition coefficient (Wildman–Crippen LogP) is 2.17. The van der Waals surface area contributed by atoms with Crippen molar-refractivity contribution in [2.75, 3.05) is 6.54 Å². The summed E-state index contributed by atoms with van der Waals surface area (Å²) >= 11 is 0. The Morgan fingerprint density at radius 3 is 2.83 bits per heavy atom. The van der Waals surface area contributed by atoms with E-state index in [0.29, 0.717) is 5.92 Å². The zero-order valence-corrected chi connectivity index (χ0v) is 14.0. The number of rotatable bonds is 3. The molecule has 1 amide bonds. The van der Waals surface area contributed by atoms with Crippen molar-refractivity contribution in [1.29, 1.82) is 0 Å². The lowest BCUT2D eigenvalue weighted by atomic mass is 9.65. The fraction of sp³-hybridized carbons (Fsp3) is 0.611. The van der Waals surface area contributed by atoms with Crippen LogP contribution in [0.15, 0.2) is 29.5 Å². The Bertz CT molecular complexity index is 702. The maximum Gasteiger partial charge on any atom is 0.245 e. The van der Waals surface area contributed by atoms with E-state index in [-0.39, 0.29) is 16.7 Å². The first-order valence-electron chi connectivity index (χ1n) is 8.39. The van der Waals surface area contributed by atoms with Gasteiger partial charge in [0.2, 0.25) is 5.91 Å². The lowest BCUT2D eigenvalue weighted by Crippen LogP contribution is -2.60. The molecule has 0 unspecified atom stereocenters. The number of pyridine rings is 1. The molecule has 3 fully saturated rings. The molecule has 2 heterocycles. The molecule has 4 atom stereocenters. The first kappa shape index (κ1) is 14.7. The average molecular weight is 312 g/mol. The number of nitrogens with zero attached hydrogens (tertiary/aromatic N) is 3. The molecule has 2 saturated carbocycles. The highest BCUT2D eigenvalue weighted by Crippen LogP contribution is 2.75. The van der Waals surface area contributed by atoms with Gasteiger partial charge in [-0.05, 0) is 49.7 Å². The number of amides is 1. The highest BCUT2D eigenvalue weighted by molar-refractivity contribution is 5.97. The second-order valence-electron chi connectivity index (χ2n) is 7.87. The summed E-state index contributed by atoms with van der Waals surface area (Å²) in [6.45, 7) is 7.32. The molecule has 122 valence electrons. The van der Waals surface area contributed by atoms with Gasteiger partial charge in [-0.1, -0.05) is 19.9 Å². The van der Waals surface area contributed by atoms with Crippen LogP contribution in [0.2, 0.25) is 0 Å². The number of primary amides is 1. The van der Waals surface area contributed by atoms with E-state index >= 15 is 0 Å². The van der Waals surface area contributed by atoms with Crippen molar-refractivity contribution in [3.8, 4) is 0 Å². The maximum atomic E-state index is 12.5. The monoisotopic (exact) mass is 312 g/mol. The number of nitrogens with two attached hydrogens (primary N) is 1. The van der Waals surface area contributed by atoms with Gasteiger partial charge in [0.05, 0.1) is 11.4 Å². The number of hydrogen-bond donors (Lipinski definition) is 1. The Balaban J connectivity index is 1.78. The van der Waals surface area contributed by atoms with E-state index in [1.165, 1.54) is 6.42 Å². The standard InChI is InChI=1S/C18H24N4O/c1-12(14-6-4-5-9-20-14)21-22-11-16(2)13-7-8-17(16,3)18(22,10-13)15(19)23/h4-6,9,13H,7-8,10-11H2,1-3H3,(H2,19,23)/b21-12-/t13-,16+,17+,18-/m1/s1. The van der Waals surface area contributed by atoms with Gasteiger partial charge in [0.25, 0.3) is 0 Å². The van der Waals surface area contributed by atoms with Crippen LogP contribution in [-0.4, -0.2) is 33.7 Å². The van der Waals surface area contributed by atoms with Crippen LogP contribution in [0.3, 0.4) is 0 Å². The summed E-state index contributed by atoms with van der Waals surface area (Å²) in [5, 5.41) is 6.81. The zero-order chi connectivity index (χ0) is 16.5. The topological polar surface area (TPSA) is 71.6 Å². The molecule has 5 heteroatoms. The molecule has 4 bridgehead atoms. The number of aromatic nitrogens is 1. The van der Waals surface area contributed by atoms with E-state index in [9.17, 15) is 4.79 Å². The lowest BCUT2D eigenvalue weighted by Gasteiger charge is -2.44. The highest BCUT2D eigenvalue weighted by Gasteiger charge is 2.80. The molecule has 1 saturated heterocycles. The first-order chi connectivity index (χ1) is 10.8. The van der Waals surface area contributed by atoms with Gasteiger partial charge < -0.3 is 5.73 Å². The summed E-state index contributed by atoms with van der Waals surface area (Å²) in [5.74, 6) is 0.366. The van der Waals surface area contributed by atoms with E-state index in [1.54, 1.807) is 6.20 Å². The summed E-state index contributed by atoms with van der Waals surface area (Å²) in [6, 6.07) is 5.78. The van der Waals surface area contributed by atoms with Crippen LogP contribution in [-0.2, 0) is 4.79 Å². The van der Waals surface area contributed by atoms with Crippen LogP contribution in [0.5, 0.6) is 0 Å². The number of carbonyl (C=O) groups excluding carboxylic acids is 1. The molecule has 0 radical (unpaired) electrons. The van der Waals surface area contributed by atoms with Gasteiger partial charge in [-0.15, -0.1) is 0 Å². The zero-order valence-electron chi connectivity index (χ0n) is 14.0. The third-order valence-electron chi connectivity index (χ3n) is 7.24. The van der Waals surface area contributed by atoms with E-state index in [1.807, 2.05) is 30.1 Å². The van der Waals surface area contributed by atoms with Crippen LogP contribution < -0.4 is 5.73 Å². The van der Waals surface area contributed by atoms with Gasteiger partial charge >= 0.3 is 0 Å². The van der Waals surface area contributed by atoms with E-state index in [0.717, 1.165) is 30.8 Å². The average Bonchev–Trinajstić information content (AvgIpc) is 2.97. The number of carbonyl (C=O) groups is 1. The molecule has 1 aromatic heterocycles. The molecular formula is C18H24N4O. The predicted molar refractivity (Wildman–Crippen MR) is 88.6 cm³/mol. The van der Waals surface area contributed by atoms with Crippen molar-refractivity contribution >= 4 is 11.6 Å². The Morgan fingerprint density at radius 1 is 1.43 bits per heavy atom. The van der Waals surface area contributed by atoms with Gasteiger partial charge in [-0.25, -0.2) is 0 Å². The van der Waals surface area contributed by atoms with Crippen molar-refractivity contribution < 1.29 is 4.79 Å². The van der Waals surface area contributed by atoms with Gasteiger partial charge in [-0.3, -0.25) is 14.8 Å². The van der Waals surface area contributed by atoms with Gasteiger partial charge in [-0.2, -0.15) is 5.10 Å². The Kier molecular flexibility index (Phi) is 2.77. The third-order valence-corrected chi connectivity index (χ3v) is 7.24. The van der Waals surface area contributed by atoms with Crippen LogP contribution >= 0.6 is 0 Å². The Morgan fingerprint density at radius 2 is 2.22 bits per heavy atom. The molecule has 23 heavy (non-hydrogen) atoms. The fourth-order valence-corrected chi connectivity index (χ4v) is 5.68. The number of hydrogen-bond acceptors (Lipinski definition) is 4. The number of hydrazone groups is 1. The van der Waals surface area contributed by atoms with Gasteiger partial charge in [0.1, 0.15) is 5.54 Å². The maximum absolute atomic E-state index is 12.5. The van der Waals surface area contributed by atoms with Crippen molar-refractivity contribution in [2.45, 2.75) is 45.6 Å². The largest absolute Gasteiger partial charge is 0.368 e. The second-order valence-corrected chi connectivity index (χ2v) is 7.87. The van der Waals surface area contributed by atoms with Crippen molar-refractivity contribution in [3.05, 3.63) is 30.1 Å². The molecule has 4 rings (SSSR count). The molecule has 1 aromatic rings. The first-order valence-corrected chi connectivity index (χ1v) is 8.39. The second kappa shape index (κ2) is 4.34. The molecule has 0 aromatic carbocycles. The Labute approximate surface area is 137 Å². The van der Waals surface area contributed by atoms with Crippen LogP contribution in [0.1, 0.15) is 45.7 Å². The SMILES string of the molecule is C/C(=N/N1C[C@@]2(C)[C@@H]3CC[C@]2(C)[C@]1(C(N)=O)C3)c1ccccn1. The van der Waals surface area contributed by atoms with Crippen LogP contribution in [0, 0.1) is 16.7 Å². The van der Waals surface area contributed by atoms with Crippen LogP contribution in [0.4, 0.5) is 0 Å². The quantitative estimate of drug-likeness (QED) is 0.870. The minimum absolute atomic E-state index is 0.0790. The summed E-state index contributed by atoms with van der Waals surface area (Å²) < 4.78 is 0. The minimum Gasteiger partial charge on any atom is -0.368 e. The van der Waals surface area contributed by atoms with Crippen molar-refractivity contribution in [3.63, 3.8) is 0 Å². The smallest absolute Gasteiger partial charge is 0.245 e. The summed E-state index contributed by atoms with van der Waals surface area (Å²) in [5.41, 5.74) is 7.02. The fourth-order valence-electron chi connectivity index (χ4n) is 5.68. The summed E-state index contributed by atoms with van der Waals surface area (Å²) in [4.78, 5) is 16.9. The minimum atomic E-state index is -0.638. The normalized spacial score (nSPS) is 41.6. The van der Waals surface area contributed by atoms with E-state index in [2.05, 4.69) is 18.8 Å². The third kappa shape index (κ3) is 1.51. The number of piperidine rings is 1. The molecule has 3 aliphatic rings. The summed E-state index contributed by atoms with van der Waals surface area (Å²) in [7, 11) is 0. The summed E-state index contributed by atoms with van der Waals surface area (Å²) in [6.07, 6.45) is 4.87. The molecule has 0 spiro atoms. The van der Waals surface area contributed by atoms with E-state index in [4.69, 9.17) is 10.8 Å². The van der Waals surface area contributed by atoms with Gasteiger partial charge in [0, 0.05) is 18.2 Å². The molecule has 2 aliphatic carbocycles. The van der Waals surface area contributed by atoms with Gasteiger partial charge in [0.15, 0.2) is 0 Å². The van der Waals surface area contributed by atoms with E-state index < -0.39 is 5.54 Å². The highest BCUT2D eigenvalue weighted by atomic mass is 16.2.